The zero-order valence-corrected chi connectivity index (χ0v) is 12.4. The van der Waals surface area contributed by atoms with Crippen molar-refractivity contribution in [2.45, 2.75) is 13.0 Å². The minimum absolute atomic E-state index is 0.0216. The Hall–Kier alpha value is -1.46. The van der Waals surface area contributed by atoms with E-state index in [0.717, 1.165) is 27.9 Å². The predicted octanol–water partition coefficient (Wildman–Crippen LogP) is 4.18. The van der Waals surface area contributed by atoms with Crippen LogP contribution in [-0.2, 0) is 0 Å². The van der Waals surface area contributed by atoms with Crippen LogP contribution in [0.25, 0.3) is 0 Å². The fraction of sp³-hybridized carbons (Fsp3) is 0.200. The van der Waals surface area contributed by atoms with Gasteiger partial charge in [-0.2, -0.15) is 0 Å². The molecule has 0 bridgehead atoms. The Balaban J connectivity index is 2.10. The summed E-state index contributed by atoms with van der Waals surface area (Å²) < 4.78 is 27.9. The van der Waals surface area contributed by atoms with E-state index in [1.165, 1.54) is 6.07 Å². The van der Waals surface area contributed by atoms with Crippen LogP contribution in [0, 0.1) is 18.6 Å². The van der Waals surface area contributed by atoms with Gasteiger partial charge >= 0.3 is 0 Å². The van der Waals surface area contributed by atoms with Crippen molar-refractivity contribution in [1.82, 2.24) is 0 Å². The first kappa shape index (κ1) is 14.9. The van der Waals surface area contributed by atoms with Crippen LogP contribution >= 0.6 is 15.9 Å². The molecule has 2 N–H and O–H groups in total. The smallest absolute Gasteiger partial charge is 0.132 e. The first-order chi connectivity index (χ1) is 9.47. The summed E-state index contributed by atoms with van der Waals surface area (Å²) >= 11 is 3.37. The van der Waals surface area contributed by atoms with Crippen LogP contribution < -0.4 is 5.32 Å². The van der Waals surface area contributed by atoms with Gasteiger partial charge in [-0.1, -0.05) is 22.0 Å². The van der Waals surface area contributed by atoms with Gasteiger partial charge in [0.05, 0.1) is 5.56 Å². The quantitative estimate of drug-likeness (QED) is 0.874. The van der Waals surface area contributed by atoms with E-state index >= 15 is 0 Å². The van der Waals surface area contributed by atoms with Crippen LogP contribution in [0.3, 0.4) is 0 Å². The maximum absolute atomic E-state index is 13.5. The van der Waals surface area contributed by atoms with Gasteiger partial charge < -0.3 is 10.4 Å². The molecule has 0 aromatic heterocycles. The number of aryl methyl sites for hydroxylation is 1. The Morgan fingerprint density at radius 3 is 2.45 bits per heavy atom. The SMILES string of the molecule is Cc1cc(Br)cc(NCC(O)c2c(F)cccc2F)c1. The summed E-state index contributed by atoms with van der Waals surface area (Å²) in [4.78, 5) is 0. The number of rotatable bonds is 4. The Morgan fingerprint density at radius 1 is 1.20 bits per heavy atom. The van der Waals surface area contributed by atoms with Crippen molar-refractivity contribution < 1.29 is 13.9 Å². The lowest BCUT2D eigenvalue weighted by atomic mass is 10.1. The summed E-state index contributed by atoms with van der Waals surface area (Å²) in [5.41, 5.74) is 1.49. The van der Waals surface area contributed by atoms with Gasteiger partial charge in [-0.3, -0.25) is 0 Å². The number of hydrogen-bond donors (Lipinski definition) is 2. The van der Waals surface area contributed by atoms with E-state index in [-0.39, 0.29) is 12.1 Å². The summed E-state index contributed by atoms with van der Waals surface area (Å²) in [6, 6.07) is 9.19. The maximum Gasteiger partial charge on any atom is 0.132 e. The average Bonchev–Trinajstić information content (AvgIpc) is 2.35. The molecule has 106 valence electrons. The maximum atomic E-state index is 13.5. The Kier molecular flexibility index (Phi) is 4.73. The summed E-state index contributed by atoms with van der Waals surface area (Å²) in [5.74, 6) is -1.49. The highest BCUT2D eigenvalue weighted by atomic mass is 79.9. The van der Waals surface area contributed by atoms with Crippen molar-refractivity contribution in [2.75, 3.05) is 11.9 Å². The summed E-state index contributed by atoms with van der Waals surface area (Å²) in [6.07, 6.45) is -1.25. The van der Waals surface area contributed by atoms with E-state index in [2.05, 4.69) is 21.2 Å². The third-order valence-corrected chi connectivity index (χ3v) is 3.33. The first-order valence-electron chi connectivity index (χ1n) is 6.10. The second-order valence-electron chi connectivity index (χ2n) is 4.55. The Bertz CT molecular complexity index is 578. The number of halogens is 3. The molecule has 0 saturated heterocycles. The lowest BCUT2D eigenvalue weighted by Gasteiger charge is -2.15. The molecule has 0 amide bonds. The molecule has 0 heterocycles. The van der Waals surface area contributed by atoms with Gasteiger partial charge in [0.1, 0.15) is 17.7 Å². The molecule has 1 atom stereocenters. The van der Waals surface area contributed by atoms with Gasteiger partial charge in [0.2, 0.25) is 0 Å². The van der Waals surface area contributed by atoms with E-state index in [1.807, 2.05) is 25.1 Å². The molecular formula is C15H14BrF2NO. The first-order valence-corrected chi connectivity index (χ1v) is 6.89. The molecule has 0 fully saturated rings. The molecule has 0 aliphatic carbocycles. The molecule has 2 rings (SSSR count). The van der Waals surface area contributed by atoms with Gasteiger partial charge in [-0.05, 0) is 42.8 Å². The highest BCUT2D eigenvalue weighted by Gasteiger charge is 2.17. The molecule has 2 nitrogen and oxygen atoms in total. The molecule has 0 radical (unpaired) electrons. The molecule has 0 spiro atoms. The lowest BCUT2D eigenvalue weighted by molar-refractivity contribution is 0.181. The molecule has 2 aromatic rings. The fourth-order valence-electron chi connectivity index (χ4n) is 1.98. The van der Waals surface area contributed by atoms with Crippen LogP contribution in [0.15, 0.2) is 40.9 Å². The molecule has 1 unspecified atom stereocenters. The van der Waals surface area contributed by atoms with Gasteiger partial charge in [0.15, 0.2) is 0 Å². The predicted molar refractivity (Wildman–Crippen MR) is 78.7 cm³/mol. The number of aliphatic hydroxyl groups is 1. The van der Waals surface area contributed by atoms with Crippen molar-refractivity contribution in [2.24, 2.45) is 0 Å². The molecule has 0 aliphatic rings. The monoisotopic (exact) mass is 341 g/mol. The van der Waals surface area contributed by atoms with Gasteiger partial charge in [0.25, 0.3) is 0 Å². The largest absolute Gasteiger partial charge is 0.386 e. The molecule has 2 aromatic carbocycles. The number of anilines is 1. The van der Waals surface area contributed by atoms with Crippen LogP contribution in [0.4, 0.5) is 14.5 Å². The van der Waals surface area contributed by atoms with Crippen LogP contribution in [0.1, 0.15) is 17.2 Å². The van der Waals surface area contributed by atoms with Crippen LogP contribution in [-0.4, -0.2) is 11.7 Å². The normalized spacial score (nSPS) is 12.2. The van der Waals surface area contributed by atoms with Crippen molar-refractivity contribution in [3.05, 3.63) is 63.6 Å². The second kappa shape index (κ2) is 6.33. The summed E-state index contributed by atoms with van der Waals surface area (Å²) in [6.45, 7) is 1.96. The number of nitrogens with one attached hydrogen (secondary N) is 1. The molecule has 5 heteroatoms. The second-order valence-corrected chi connectivity index (χ2v) is 5.46. The number of benzene rings is 2. The zero-order chi connectivity index (χ0) is 14.7. The Morgan fingerprint density at radius 2 is 1.85 bits per heavy atom. The molecule has 20 heavy (non-hydrogen) atoms. The van der Waals surface area contributed by atoms with Crippen molar-refractivity contribution >= 4 is 21.6 Å². The van der Waals surface area contributed by atoms with Crippen LogP contribution in [0.5, 0.6) is 0 Å². The van der Waals surface area contributed by atoms with E-state index < -0.39 is 17.7 Å². The highest BCUT2D eigenvalue weighted by molar-refractivity contribution is 9.10. The third-order valence-electron chi connectivity index (χ3n) is 2.87. The third kappa shape index (κ3) is 3.55. The van der Waals surface area contributed by atoms with Crippen molar-refractivity contribution in [1.29, 1.82) is 0 Å². The minimum atomic E-state index is -1.25. The van der Waals surface area contributed by atoms with Gasteiger partial charge in [-0.15, -0.1) is 0 Å². The van der Waals surface area contributed by atoms with Gasteiger partial charge in [-0.25, -0.2) is 8.78 Å². The average molecular weight is 342 g/mol. The van der Waals surface area contributed by atoms with Gasteiger partial charge in [0, 0.05) is 16.7 Å². The van der Waals surface area contributed by atoms with Crippen molar-refractivity contribution in [3.8, 4) is 0 Å². The minimum Gasteiger partial charge on any atom is -0.386 e. The summed E-state index contributed by atoms with van der Waals surface area (Å²) in [7, 11) is 0. The number of aliphatic hydroxyl groups excluding tert-OH is 1. The topological polar surface area (TPSA) is 32.3 Å². The molecule has 0 aliphatic heterocycles. The van der Waals surface area contributed by atoms with E-state index in [4.69, 9.17) is 0 Å². The molecular weight excluding hydrogens is 328 g/mol. The van der Waals surface area contributed by atoms with Crippen LogP contribution in [0.2, 0.25) is 0 Å². The van der Waals surface area contributed by atoms with E-state index in [0.29, 0.717) is 0 Å². The van der Waals surface area contributed by atoms with E-state index in [1.54, 1.807) is 0 Å². The van der Waals surface area contributed by atoms with E-state index in [9.17, 15) is 13.9 Å². The highest BCUT2D eigenvalue weighted by Crippen LogP contribution is 2.23. The zero-order valence-electron chi connectivity index (χ0n) is 10.8. The van der Waals surface area contributed by atoms with Crippen molar-refractivity contribution in [3.63, 3.8) is 0 Å². The molecule has 0 saturated carbocycles. The Labute approximate surface area is 124 Å². The standard InChI is InChI=1S/C15H14BrF2NO/c1-9-5-10(16)7-11(6-9)19-8-14(20)15-12(17)3-2-4-13(15)18/h2-7,14,19-20H,8H2,1H3. The lowest BCUT2D eigenvalue weighted by Crippen LogP contribution is -2.15. The number of hydrogen-bond acceptors (Lipinski definition) is 2. The fourth-order valence-corrected chi connectivity index (χ4v) is 2.59. The summed E-state index contributed by atoms with van der Waals surface area (Å²) in [5, 5.41) is 12.9.